The van der Waals surface area contributed by atoms with Crippen LogP contribution in [0.15, 0.2) is 22.5 Å². The van der Waals surface area contributed by atoms with Crippen molar-refractivity contribution in [1.82, 2.24) is 20.4 Å². The molecule has 0 spiro atoms. The summed E-state index contributed by atoms with van der Waals surface area (Å²) in [4.78, 5) is 23.1. The van der Waals surface area contributed by atoms with Crippen molar-refractivity contribution in [3.63, 3.8) is 0 Å². The first-order valence-electron chi connectivity index (χ1n) is 11.8. The maximum Gasteiger partial charge on any atom is 0.222 e. The molecule has 1 amide bonds. The molecule has 2 fully saturated rings. The van der Waals surface area contributed by atoms with Gasteiger partial charge in [-0.2, -0.15) is 0 Å². The van der Waals surface area contributed by atoms with Gasteiger partial charge in [-0.1, -0.05) is 12.5 Å². The summed E-state index contributed by atoms with van der Waals surface area (Å²) in [5.74, 6) is 1.87. The van der Waals surface area contributed by atoms with Gasteiger partial charge in [-0.05, 0) is 62.9 Å². The van der Waals surface area contributed by atoms with Crippen LogP contribution in [-0.4, -0.2) is 67.5 Å². The Morgan fingerprint density at radius 3 is 3.00 bits per heavy atom. The molecule has 0 radical (unpaired) electrons. The van der Waals surface area contributed by atoms with E-state index in [9.17, 15) is 4.79 Å². The second-order valence-electron chi connectivity index (χ2n) is 8.51. The highest BCUT2D eigenvalue weighted by molar-refractivity contribution is 7.09. The van der Waals surface area contributed by atoms with Crippen LogP contribution in [0.1, 0.15) is 56.7 Å². The number of piperidine rings is 1. The number of guanidine groups is 1. The number of hydrogen-bond acceptors (Lipinski definition) is 4. The van der Waals surface area contributed by atoms with Gasteiger partial charge in [-0.15, -0.1) is 11.3 Å². The smallest absolute Gasteiger partial charge is 0.222 e. The third-order valence-corrected chi connectivity index (χ3v) is 6.84. The molecule has 168 valence electrons. The predicted molar refractivity (Wildman–Crippen MR) is 126 cm³/mol. The number of hydrogen-bond donors (Lipinski definition) is 2. The fourth-order valence-electron chi connectivity index (χ4n) is 4.38. The summed E-state index contributed by atoms with van der Waals surface area (Å²) in [6.45, 7) is 9.89. The van der Waals surface area contributed by atoms with Gasteiger partial charge in [0.25, 0.3) is 0 Å². The topological polar surface area (TPSA) is 60.0 Å². The minimum absolute atomic E-state index is 0.331. The Hall–Kier alpha value is -1.60. The lowest BCUT2D eigenvalue weighted by atomic mass is 9.98. The maximum absolute atomic E-state index is 12.1. The second-order valence-corrected chi connectivity index (χ2v) is 9.55. The monoisotopic (exact) mass is 433 g/mol. The first-order chi connectivity index (χ1) is 14.7. The summed E-state index contributed by atoms with van der Waals surface area (Å²) >= 11 is 1.85. The molecule has 0 bridgehead atoms. The number of likely N-dealkylation sites (tertiary alicyclic amines) is 2. The average molecular weight is 434 g/mol. The zero-order chi connectivity index (χ0) is 21.0. The van der Waals surface area contributed by atoms with Gasteiger partial charge in [-0.25, -0.2) is 0 Å². The number of nitrogens with zero attached hydrogens (tertiary/aromatic N) is 3. The minimum Gasteiger partial charge on any atom is -0.357 e. The van der Waals surface area contributed by atoms with Gasteiger partial charge in [-0.3, -0.25) is 14.7 Å². The van der Waals surface area contributed by atoms with Gasteiger partial charge < -0.3 is 15.5 Å². The molecule has 7 heteroatoms. The lowest BCUT2D eigenvalue weighted by Gasteiger charge is -2.31. The lowest BCUT2D eigenvalue weighted by molar-refractivity contribution is -0.130. The van der Waals surface area contributed by atoms with Gasteiger partial charge in [0, 0.05) is 57.1 Å². The van der Waals surface area contributed by atoms with Crippen LogP contribution in [0.5, 0.6) is 0 Å². The van der Waals surface area contributed by atoms with Crippen LogP contribution in [0, 0.1) is 5.92 Å². The summed E-state index contributed by atoms with van der Waals surface area (Å²) in [6, 6.07) is 4.38. The van der Waals surface area contributed by atoms with E-state index in [2.05, 4.69) is 40.0 Å². The average Bonchev–Trinajstić information content (AvgIpc) is 3.17. The maximum atomic E-state index is 12.1. The van der Waals surface area contributed by atoms with Crippen LogP contribution in [0.2, 0.25) is 0 Å². The SMILES string of the molecule is CCNC(=NCC1CCCN(Cc2cccs2)C1)NCCCN1CCCCCC1=O. The summed E-state index contributed by atoms with van der Waals surface area (Å²) in [5, 5.41) is 9.01. The summed E-state index contributed by atoms with van der Waals surface area (Å²) < 4.78 is 0. The molecule has 0 aromatic carbocycles. The van der Waals surface area contributed by atoms with Crippen LogP contribution >= 0.6 is 11.3 Å². The van der Waals surface area contributed by atoms with Crippen molar-refractivity contribution < 1.29 is 4.79 Å². The molecule has 1 unspecified atom stereocenters. The number of carbonyl (C=O) groups excluding carboxylic acids is 1. The molecule has 2 aliphatic heterocycles. The third kappa shape index (κ3) is 7.91. The first-order valence-corrected chi connectivity index (χ1v) is 12.7. The van der Waals surface area contributed by atoms with Crippen molar-refractivity contribution in [2.24, 2.45) is 10.9 Å². The van der Waals surface area contributed by atoms with Gasteiger partial charge in [0.05, 0.1) is 0 Å². The third-order valence-electron chi connectivity index (χ3n) is 5.98. The van der Waals surface area contributed by atoms with E-state index in [0.29, 0.717) is 11.8 Å². The summed E-state index contributed by atoms with van der Waals surface area (Å²) in [7, 11) is 0. The minimum atomic E-state index is 0.331. The number of rotatable bonds is 9. The highest BCUT2D eigenvalue weighted by Crippen LogP contribution is 2.20. The summed E-state index contributed by atoms with van der Waals surface area (Å²) in [6.07, 6.45) is 7.60. The molecule has 1 aromatic rings. The normalized spacial score (nSPS) is 21.5. The largest absolute Gasteiger partial charge is 0.357 e. The second kappa shape index (κ2) is 13.0. The molecular formula is C23H39N5OS. The van der Waals surface area contributed by atoms with E-state index in [4.69, 9.17) is 4.99 Å². The van der Waals surface area contributed by atoms with Crippen LogP contribution in [0.3, 0.4) is 0 Å². The van der Waals surface area contributed by atoms with E-state index in [1.54, 1.807) is 0 Å². The van der Waals surface area contributed by atoms with Crippen molar-refractivity contribution >= 4 is 23.2 Å². The molecule has 0 saturated carbocycles. The Morgan fingerprint density at radius 2 is 2.17 bits per heavy atom. The van der Waals surface area contributed by atoms with Crippen molar-refractivity contribution in [2.75, 3.05) is 45.8 Å². The lowest BCUT2D eigenvalue weighted by Crippen LogP contribution is -2.40. The highest BCUT2D eigenvalue weighted by atomic mass is 32.1. The predicted octanol–water partition coefficient (Wildman–Crippen LogP) is 3.31. The molecule has 2 saturated heterocycles. The van der Waals surface area contributed by atoms with Gasteiger partial charge in [0.2, 0.25) is 5.91 Å². The number of nitrogens with one attached hydrogen (secondary N) is 2. The number of amides is 1. The van der Waals surface area contributed by atoms with E-state index >= 15 is 0 Å². The fourth-order valence-corrected chi connectivity index (χ4v) is 5.13. The van der Waals surface area contributed by atoms with Crippen molar-refractivity contribution in [3.8, 4) is 0 Å². The molecule has 30 heavy (non-hydrogen) atoms. The van der Waals surface area contributed by atoms with Crippen molar-refractivity contribution in [2.45, 2.75) is 58.4 Å². The van der Waals surface area contributed by atoms with E-state index in [1.807, 2.05) is 16.2 Å². The van der Waals surface area contributed by atoms with E-state index in [1.165, 1.54) is 30.7 Å². The van der Waals surface area contributed by atoms with E-state index < -0.39 is 0 Å². The molecule has 1 aromatic heterocycles. The Kier molecular flexibility index (Phi) is 9.96. The van der Waals surface area contributed by atoms with Gasteiger partial charge >= 0.3 is 0 Å². The first kappa shape index (κ1) is 23.1. The Morgan fingerprint density at radius 1 is 1.23 bits per heavy atom. The van der Waals surface area contributed by atoms with Crippen LogP contribution in [0.25, 0.3) is 0 Å². The van der Waals surface area contributed by atoms with E-state index in [0.717, 1.165) is 77.5 Å². The number of thiophene rings is 1. The van der Waals surface area contributed by atoms with Gasteiger partial charge in [0.15, 0.2) is 5.96 Å². The van der Waals surface area contributed by atoms with Crippen LogP contribution in [0.4, 0.5) is 0 Å². The quantitative estimate of drug-likeness (QED) is 0.356. The highest BCUT2D eigenvalue weighted by Gasteiger charge is 2.20. The zero-order valence-corrected chi connectivity index (χ0v) is 19.4. The fraction of sp³-hybridized carbons (Fsp3) is 0.739. The molecule has 2 aliphatic rings. The van der Waals surface area contributed by atoms with Crippen molar-refractivity contribution in [3.05, 3.63) is 22.4 Å². The van der Waals surface area contributed by atoms with Crippen LogP contribution in [-0.2, 0) is 11.3 Å². The molecular weight excluding hydrogens is 394 g/mol. The summed E-state index contributed by atoms with van der Waals surface area (Å²) in [5.41, 5.74) is 0. The molecule has 3 rings (SSSR count). The molecule has 3 heterocycles. The van der Waals surface area contributed by atoms with Gasteiger partial charge in [0.1, 0.15) is 0 Å². The molecule has 2 N–H and O–H groups in total. The zero-order valence-electron chi connectivity index (χ0n) is 18.6. The number of carbonyl (C=O) groups is 1. The van der Waals surface area contributed by atoms with E-state index in [-0.39, 0.29) is 0 Å². The Balaban J connectivity index is 1.39. The molecule has 6 nitrogen and oxygen atoms in total. The Bertz CT molecular complexity index is 648. The Labute approximate surface area is 186 Å². The number of aliphatic imine (C=N–C) groups is 1. The van der Waals surface area contributed by atoms with Crippen LogP contribution < -0.4 is 10.6 Å². The standard InChI is InChI=1S/C23H39N5OS/c1-2-24-23(25-12-8-15-28-14-5-3-4-11-22(28)29)26-17-20-9-6-13-27(18-20)19-21-10-7-16-30-21/h7,10,16,20H,2-6,8-9,11-15,17-19H2,1H3,(H2,24,25,26). The van der Waals surface area contributed by atoms with Crippen molar-refractivity contribution in [1.29, 1.82) is 0 Å². The molecule has 1 atom stereocenters. The molecule has 0 aliphatic carbocycles.